The molecule has 0 radical (unpaired) electrons. The molecule has 9 aromatic rings. The summed E-state index contributed by atoms with van der Waals surface area (Å²) in [5, 5.41) is 12.4. The van der Waals surface area contributed by atoms with Crippen molar-refractivity contribution in [2.24, 2.45) is 0 Å². The highest BCUT2D eigenvalue weighted by Crippen LogP contribution is 2.44. The van der Waals surface area contributed by atoms with E-state index in [1.807, 2.05) is 0 Å². The average molecular weight is 558 g/mol. The van der Waals surface area contributed by atoms with Gasteiger partial charge in [-0.05, 0) is 89.3 Å². The van der Waals surface area contributed by atoms with Crippen LogP contribution < -0.4 is 0 Å². The fourth-order valence-corrected chi connectivity index (χ4v) is 6.97. The molecule has 0 unspecified atom stereocenters. The third-order valence-corrected chi connectivity index (χ3v) is 9.02. The summed E-state index contributed by atoms with van der Waals surface area (Å²) in [5.41, 5.74) is 6.75. The first-order chi connectivity index (χ1) is 21.8. The minimum absolute atomic E-state index is 0.976. The van der Waals surface area contributed by atoms with Crippen LogP contribution in [0.3, 0.4) is 0 Å². The lowest BCUT2D eigenvalue weighted by Gasteiger charge is -2.18. The Hall–Kier alpha value is -5.79. The molecule has 44 heavy (non-hydrogen) atoms. The van der Waals surface area contributed by atoms with E-state index in [-0.39, 0.29) is 0 Å². The second-order valence-corrected chi connectivity index (χ2v) is 11.5. The van der Waals surface area contributed by atoms with Crippen LogP contribution in [0.1, 0.15) is 0 Å². The van der Waals surface area contributed by atoms with E-state index < -0.39 is 0 Å². The zero-order valence-electron chi connectivity index (χ0n) is 24.0. The van der Waals surface area contributed by atoms with E-state index >= 15 is 0 Å². The van der Waals surface area contributed by atoms with Gasteiger partial charge in [-0.1, -0.05) is 140 Å². The van der Waals surface area contributed by atoms with Crippen molar-refractivity contribution in [3.63, 3.8) is 0 Å². The number of pyridine rings is 1. The second kappa shape index (κ2) is 9.90. The molecular formula is C43H27N. The van der Waals surface area contributed by atoms with Crippen LogP contribution in [0.15, 0.2) is 164 Å². The molecule has 0 aliphatic heterocycles. The zero-order valence-corrected chi connectivity index (χ0v) is 24.0. The van der Waals surface area contributed by atoms with Crippen LogP contribution in [0.5, 0.6) is 0 Å². The second-order valence-electron chi connectivity index (χ2n) is 11.5. The van der Waals surface area contributed by atoms with Crippen molar-refractivity contribution in [3.8, 4) is 33.6 Å². The monoisotopic (exact) mass is 557 g/mol. The van der Waals surface area contributed by atoms with Gasteiger partial charge in [-0.3, -0.25) is 0 Å². The third kappa shape index (κ3) is 3.91. The van der Waals surface area contributed by atoms with Gasteiger partial charge in [0.15, 0.2) is 0 Å². The number of rotatable bonds is 3. The molecule has 9 rings (SSSR count). The highest BCUT2D eigenvalue weighted by Gasteiger charge is 2.18. The van der Waals surface area contributed by atoms with Crippen molar-refractivity contribution >= 4 is 53.9 Å². The molecule has 8 aromatic carbocycles. The largest absolute Gasteiger partial charge is 0.248 e. The number of hydrogen-bond donors (Lipinski definition) is 0. The van der Waals surface area contributed by atoms with E-state index in [0.29, 0.717) is 0 Å². The van der Waals surface area contributed by atoms with E-state index in [1.54, 1.807) is 0 Å². The molecule has 0 saturated heterocycles. The normalized spacial score (nSPS) is 11.6. The molecule has 1 aromatic heterocycles. The van der Waals surface area contributed by atoms with E-state index in [1.165, 1.54) is 70.6 Å². The zero-order chi connectivity index (χ0) is 29.0. The Morgan fingerprint density at radius 1 is 0.273 bits per heavy atom. The van der Waals surface area contributed by atoms with Crippen LogP contribution in [0.4, 0.5) is 0 Å². The van der Waals surface area contributed by atoms with Gasteiger partial charge >= 0.3 is 0 Å². The Kier molecular flexibility index (Phi) is 5.57. The first-order valence-electron chi connectivity index (χ1n) is 15.1. The summed E-state index contributed by atoms with van der Waals surface area (Å²) in [6.07, 6.45) is 0. The summed E-state index contributed by atoms with van der Waals surface area (Å²) in [4.78, 5) is 5.33. The molecule has 0 aliphatic carbocycles. The molecule has 0 amide bonds. The lowest BCUT2D eigenvalue weighted by molar-refractivity contribution is 1.34. The Morgan fingerprint density at radius 3 is 1.52 bits per heavy atom. The maximum Gasteiger partial charge on any atom is 0.0722 e. The van der Waals surface area contributed by atoms with Gasteiger partial charge in [0.05, 0.1) is 11.4 Å². The molecule has 0 N–H and O–H groups in total. The summed E-state index contributed by atoms with van der Waals surface area (Å²) in [5.74, 6) is 0. The maximum atomic E-state index is 5.33. The van der Waals surface area contributed by atoms with Gasteiger partial charge in [-0.25, -0.2) is 4.98 Å². The summed E-state index contributed by atoms with van der Waals surface area (Å²) in [6.45, 7) is 0. The van der Waals surface area contributed by atoms with Crippen molar-refractivity contribution in [1.82, 2.24) is 4.98 Å². The summed E-state index contributed by atoms with van der Waals surface area (Å²) in [7, 11) is 0. The molecule has 204 valence electrons. The molecule has 0 spiro atoms. The highest BCUT2D eigenvalue weighted by molar-refractivity contribution is 6.21. The van der Waals surface area contributed by atoms with Crippen molar-refractivity contribution in [2.75, 3.05) is 0 Å². The number of aromatic nitrogens is 1. The summed E-state index contributed by atoms with van der Waals surface area (Å²) < 4.78 is 0. The lowest BCUT2D eigenvalue weighted by atomic mass is 9.86. The predicted molar refractivity (Wildman–Crippen MR) is 188 cm³/mol. The minimum atomic E-state index is 0.976. The molecule has 0 aliphatic rings. The van der Waals surface area contributed by atoms with E-state index in [9.17, 15) is 0 Å². The predicted octanol–water partition coefficient (Wildman–Crippen LogP) is 11.8. The van der Waals surface area contributed by atoms with Crippen molar-refractivity contribution < 1.29 is 0 Å². The van der Waals surface area contributed by atoms with E-state index in [4.69, 9.17) is 4.98 Å². The molecule has 1 heterocycles. The molecule has 0 saturated carbocycles. The van der Waals surface area contributed by atoms with Gasteiger partial charge in [-0.2, -0.15) is 0 Å². The highest BCUT2D eigenvalue weighted by atomic mass is 14.7. The molecule has 1 nitrogen and oxygen atoms in total. The van der Waals surface area contributed by atoms with Crippen molar-refractivity contribution in [2.45, 2.75) is 0 Å². The molecule has 0 atom stereocenters. The number of fused-ring (bicyclic) bond motifs is 6. The van der Waals surface area contributed by atoms with Gasteiger partial charge in [0, 0.05) is 11.1 Å². The SMILES string of the molecule is c1cc(-c2ccc3c(ccc4ccccc43)c2)nc(-c2c3ccccc3c(-c3ccc4ccccc4c3)c3ccccc23)c1. The maximum absolute atomic E-state index is 5.33. The number of hydrogen-bond acceptors (Lipinski definition) is 1. The molecule has 0 fully saturated rings. The van der Waals surface area contributed by atoms with Gasteiger partial charge in [0.1, 0.15) is 0 Å². The molecule has 1 heteroatoms. The van der Waals surface area contributed by atoms with Gasteiger partial charge in [-0.15, -0.1) is 0 Å². The van der Waals surface area contributed by atoms with Gasteiger partial charge in [0.25, 0.3) is 0 Å². The van der Waals surface area contributed by atoms with Crippen molar-refractivity contribution in [3.05, 3.63) is 164 Å². The third-order valence-electron chi connectivity index (χ3n) is 9.02. The van der Waals surface area contributed by atoms with E-state index in [0.717, 1.165) is 17.0 Å². The molecular weight excluding hydrogens is 530 g/mol. The Bertz CT molecular complexity index is 2500. The first-order valence-corrected chi connectivity index (χ1v) is 15.1. The van der Waals surface area contributed by atoms with Crippen LogP contribution in [0.2, 0.25) is 0 Å². The van der Waals surface area contributed by atoms with Gasteiger partial charge < -0.3 is 0 Å². The van der Waals surface area contributed by atoms with Crippen LogP contribution in [-0.4, -0.2) is 4.98 Å². The number of nitrogens with zero attached hydrogens (tertiary/aromatic N) is 1. The first kappa shape index (κ1) is 24.8. The fraction of sp³-hybridized carbons (Fsp3) is 0. The van der Waals surface area contributed by atoms with Crippen LogP contribution in [0.25, 0.3) is 87.5 Å². The topological polar surface area (TPSA) is 12.9 Å². The van der Waals surface area contributed by atoms with Gasteiger partial charge in [0.2, 0.25) is 0 Å². The summed E-state index contributed by atoms with van der Waals surface area (Å²) >= 11 is 0. The van der Waals surface area contributed by atoms with Crippen LogP contribution in [-0.2, 0) is 0 Å². The Morgan fingerprint density at radius 2 is 0.773 bits per heavy atom. The minimum Gasteiger partial charge on any atom is -0.248 e. The average Bonchev–Trinajstić information content (AvgIpc) is 3.10. The van der Waals surface area contributed by atoms with Crippen LogP contribution >= 0.6 is 0 Å². The fourth-order valence-electron chi connectivity index (χ4n) is 6.97. The quantitative estimate of drug-likeness (QED) is 0.155. The van der Waals surface area contributed by atoms with E-state index in [2.05, 4.69) is 164 Å². The summed E-state index contributed by atoms with van der Waals surface area (Å²) in [6, 6.07) is 59.1. The smallest absolute Gasteiger partial charge is 0.0722 e. The standard InChI is InChI=1S/C43H27N/c1-2-12-30-26-33(23-20-28(30)10-1)42-36-14-5-7-16-38(36)43(39-17-8-6-15-37(39)42)41-19-9-18-40(44-41)32-24-25-35-31(27-32)22-21-29-11-3-4-13-34(29)35/h1-27H. The van der Waals surface area contributed by atoms with Crippen molar-refractivity contribution in [1.29, 1.82) is 0 Å². The number of benzene rings is 8. The molecule has 0 bridgehead atoms. The van der Waals surface area contributed by atoms with Crippen LogP contribution in [0, 0.1) is 0 Å². The lowest BCUT2D eigenvalue weighted by Crippen LogP contribution is -1.93. The Labute approximate surface area is 255 Å². The Balaban J connectivity index is 1.26.